The highest BCUT2D eigenvalue weighted by Gasteiger charge is 2.09. The Kier molecular flexibility index (Phi) is 7.69. The number of benzene rings is 1. The Bertz CT molecular complexity index is 697. The Morgan fingerprint density at radius 2 is 2.00 bits per heavy atom. The summed E-state index contributed by atoms with van der Waals surface area (Å²) >= 11 is 0. The Hall–Kier alpha value is -2.10. The van der Waals surface area contributed by atoms with Crippen LogP contribution in [0.4, 0.5) is 5.69 Å². The van der Waals surface area contributed by atoms with Crippen LogP contribution in [0.2, 0.25) is 0 Å². The van der Waals surface area contributed by atoms with Crippen LogP contribution in [0, 0.1) is 10.1 Å². The number of nitro groups is 1. The molecule has 1 aromatic carbocycles. The van der Waals surface area contributed by atoms with E-state index >= 15 is 0 Å². The van der Waals surface area contributed by atoms with Gasteiger partial charge in [-0.15, -0.1) is 24.0 Å². The zero-order valence-electron chi connectivity index (χ0n) is 14.0. The third kappa shape index (κ3) is 5.22. The van der Waals surface area contributed by atoms with Crippen LogP contribution < -0.4 is 5.32 Å². The van der Waals surface area contributed by atoms with Gasteiger partial charge in [-0.1, -0.05) is 12.1 Å². The van der Waals surface area contributed by atoms with E-state index in [0.717, 1.165) is 18.1 Å². The molecule has 0 unspecified atom stereocenters. The van der Waals surface area contributed by atoms with Crippen molar-refractivity contribution in [2.24, 2.45) is 12.0 Å². The van der Waals surface area contributed by atoms with Crippen molar-refractivity contribution in [1.82, 2.24) is 14.8 Å². The number of nitrogens with one attached hydrogen (secondary N) is 1. The molecular formula is C16H22IN5O2. The average Bonchev–Trinajstić information content (AvgIpc) is 2.93. The molecule has 2 rings (SSSR count). The van der Waals surface area contributed by atoms with E-state index in [0.29, 0.717) is 6.54 Å². The van der Waals surface area contributed by atoms with Crippen molar-refractivity contribution >= 4 is 35.6 Å². The number of nitrogens with zero attached hydrogens (tertiary/aromatic N) is 4. The van der Waals surface area contributed by atoms with E-state index in [1.54, 1.807) is 19.2 Å². The third-order valence-corrected chi connectivity index (χ3v) is 3.62. The topological polar surface area (TPSA) is 75.7 Å². The first-order valence-corrected chi connectivity index (χ1v) is 7.26. The Labute approximate surface area is 158 Å². The molecule has 2 aromatic rings. The van der Waals surface area contributed by atoms with E-state index in [1.807, 2.05) is 31.3 Å². The molecular weight excluding hydrogens is 421 g/mol. The van der Waals surface area contributed by atoms with E-state index in [9.17, 15) is 10.1 Å². The van der Waals surface area contributed by atoms with Gasteiger partial charge in [-0.3, -0.25) is 15.1 Å². The highest BCUT2D eigenvalue weighted by atomic mass is 127. The van der Waals surface area contributed by atoms with Crippen molar-refractivity contribution < 1.29 is 4.92 Å². The smallest absolute Gasteiger partial charge is 0.269 e. The van der Waals surface area contributed by atoms with Gasteiger partial charge < -0.3 is 14.8 Å². The summed E-state index contributed by atoms with van der Waals surface area (Å²) in [6.07, 6.45) is 2.01. The van der Waals surface area contributed by atoms with Crippen molar-refractivity contribution in [2.45, 2.75) is 13.1 Å². The highest BCUT2D eigenvalue weighted by molar-refractivity contribution is 14.0. The van der Waals surface area contributed by atoms with Crippen molar-refractivity contribution in [1.29, 1.82) is 0 Å². The van der Waals surface area contributed by atoms with Gasteiger partial charge in [0.25, 0.3) is 5.69 Å². The Morgan fingerprint density at radius 1 is 1.33 bits per heavy atom. The zero-order chi connectivity index (χ0) is 16.8. The lowest BCUT2D eigenvalue weighted by Crippen LogP contribution is -2.38. The monoisotopic (exact) mass is 443 g/mol. The molecule has 130 valence electrons. The van der Waals surface area contributed by atoms with Gasteiger partial charge in [-0.05, 0) is 17.7 Å². The predicted octanol–water partition coefficient (Wildman–Crippen LogP) is 2.76. The van der Waals surface area contributed by atoms with E-state index in [-0.39, 0.29) is 29.7 Å². The Morgan fingerprint density at radius 3 is 2.50 bits per heavy atom. The number of non-ortho nitro benzene ring substituents is 1. The van der Waals surface area contributed by atoms with Crippen LogP contribution in [0.5, 0.6) is 0 Å². The first kappa shape index (κ1) is 19.9. The minimum absolute atomic E-state index is 0. The summed E-state index contributed by atoms with van der Waals surface area (Å²) in [6, 6.07) is 10.6. The van der Waals surface area contributed by atoms with Crippen molar-refractivity contribution in [3.8, 4) is 0 Å². The summed E-state index contributed by atoms with van der Waals surface area (Å²) in [5.41, 5.74) is 2.24. The summed E-state index contributed by atoms with van der Waals surface area (Å²) in [4.78, 5) is 16.6. The molecule has 0 aliphatic heterocycles. The van der Waals surface area contributed by atoms with Crippen molar-refractivity contribution in [3.05, 3.63) is 64.0 Å². The molecule has 0 fully saturated rings. The number of aryl methyl sites for hydroxylation is 1. The number of nitro benzene ring substituents is 1. The number of hydrogen-bond acceptors (Lipinski definition) is 3. The van der Waals surface area contributed by atoms with Gasteiger partial charge in [0.2, 0.25) is 0 Å². The maximum absolute atomic E-state index is 10.7. The molecule has 0 saturated carbocycles. The summed E-state index contributed by atoms with van der Waals surface area (Å²) in [6.45, 7) is 1.30. The molecule has 0 spiro atoms. The molecule has 0 aliphatic rings. The van der Waals surface area contributed by atoms with Crippen LogP contribution >= 0.6 is 24.0 Å². The SMILES string of the molecule is CN=C(NCc1ccc([N+](=O)[O-])cc1)N(C)Cc1cccn1C.I. The summed E-state index contributed by atoms with van der Waals surface area (Å²) < 4.78 is 2.07. The normalized spacial score (nSPS) is 10.9. The van der Waals surface area contributed by atoms with Gasteiger partial charge in [0, 0.05) is 51.7 Å². The molecule has 1 N–H and O–H groups in total. The number of halogens is 1. The van der Waals surface area contributed by atoms with Gasteiger partial charge in [-0.2, -0.15) is 0 Å². The fraction of sp³-hybridized carbons (Fsp3) is 0.312. The van der Waals surface area contributed by atoms with Crippen LogP contribution in [-0.4, -0.2) is 34.4 Å². The van der Waals surface area contributed by atoms with Crippen molar-refractivity contribution in [3.63, 3.8) is 0 Å². The first-order valence-electron chi connectivity index (χ1n) is 7.26. The number of rotatable bonds is 5. The second kappa shape index (κ2) is 9.26. The maximum atomic E-state index is 10.7. The second-order valence-electron chi connectivity index (χ2n) is 5.29. The van der Waals surface area contributed by atoms with E-state index in [1.165, 1.54) is 17.8 Å². The van der Waals surface area contributed by atoms with Gasteiger partial charge in [0.05, 0.1) is 11.5 Å². The fourth-order valence-corrected chi connectivity index (χ4v) is 2.28. The van der Waals surface area contributed by atoms with Crippen molar-refractivity contribution in [2.75, 3.05) is 14.1 Å². The zero-order valence-corrected chi connectivity index (χ0v) is 16.3. The van der Waals surface area contributed by atoms with Crippen LogP contribution in [0.15, 0.2) is 47.6 Å². The molecule has 0 atom stereocenters. The number of aromatic nitrogens is 1. The van der Waals surface area contributed by atoms with Crippen LogP contribution in [0.3, 0.4) is 0 Å². The molecule has 0 aliphatic carbocycles. The lowest BCUT2D eigenvalue weighted by atomic mass is 10.2. The lowest BCUT2D eigenvalue weighted by molar-refractivity contribution is -0.384. The van der Waals surface area contributed by atoms with Gasteiger partial charge >= 0.3 is 0 Å². The van der Waals surface area contributed by atoms with Gasteiger partial charge in [0.1, 0.15) is 0 Å². The summed E-state index contributed by atoms with van der Waals surface area (Å²) in [5, 5.41) is 13.9. The minimum atomic E-state index is -0.399. The van der Waals surface area contributed by atoms with E-state index in [4.69, 9.17) is 0 Å². The summed E-state index contributed by atoms with van der Waals surface area (Å²) in [7, 11) is 5.72. The fourth-order valence-electron chi connectivity index (χ4n) is 2.28. The van der Waals surface area contributed by atoms with Gasteiger partial charge in [-0.25, -0.2) is 0 Å². The predicted molar refractivity (Wildman–Crippen MR) is 106 cm³/mol. The molecule has 24 heavy (non-hydrogen) atoms. The average molecular weight is 443 g/mol. The molecule has 0 saturated heterocycles. The lowest BCUT2D eigenvalue weighted by Gasteiger charge is -2.22. The third-order valence-electron chi connectivity index (χ3n) is 3.62. The Balaban J connectivity index is 0.00000288. The van der Waals surface area contributed by atoms with E-state index in [2.05, 4.69) is 20.9 Å². The largest absolute Gasteiger partial charge is 0.353 e. The standard InChI is InChI=1S/C16H21N5O2.HI/c1-17-16(20(3)12-15-5-4-10-19(15)2)18-11-13-6-8-14(9-7-13)21(22)23;/h4-10H,11-12H2,1-3H3,(H,17,18);1H. The van der Waals surface area contributed by atoms with E-state index < -0.39 is 4.92 Å². The minimum Gasteiger partial charge on any atom is -0.353 e. The molecule has 1 aromatic heterocycles. The van der Waals surface area contributed by atoms with Crippen LogP contribution in [0.1, 0.15) is 11.3 Å². The number of aliphatic imine (C=N–C) groups is 1. The number of hydrogen-bond donors (Lipinski definition) is 1. The van der Waals surface area contributed by atoms with Crippen LogP contribution in [-0.2, 0) is 20.1 Å². The second-order valence-corrected chi connectivity index (χ2v) is 5.29. The molecule has 8 heteroatoms. The molecule has 0 radical (unpaired) electrons. The number of guanidine groups is 1. The van der Waals surface area contributed by atoms with Gasteiger partial charge in [0.15, 0.2) is 5.96 Å². The highest BCUT2D eigenvalue weighted by Crippen LogP contribution is 2.12. The molecule has 0 bridgehead atoms. The first-order chi connectivity index (χ1) is 11.0. The van der Waals surface area contributed by atoms with Crippen LogP contribution in [0.25, 0.3) is 0 Å². The molecule has 0 amide bonds. The molecule has 1 heterocycles. The maximum Gasteiger partial charge on any atom is 0.269 e. The summed E-state index contributed by atoms with van der Waals surface area (Å²) in [5.74, 6) is 0.768. The molecule has 7 nitrogen and oxygen atoms in total. The quantitative estimate of drug-likeness (QED) is 0.254.